The Morgan fingerprint density at radius 2 is 1.76 bits per heavy atom. The molecule has 4 N–H and O–H groups in total. The second-order valence-corrected chi connectivity index (χ2v) is 12.3. The zero-order valence-electron chi connectivity index (χ0n) is 28.8. The average Bonchev–Trinajstić information content (AvgIpc) is 3.58. The number of hydrogen-bond donors (Lipinski definition) is 4. The highest BCUT2D eigenvalue weighted by atomic mass is 35.5. The molecule has 5 aromatic rings. The number of ether oxygens (including phenoxy) is 1. The van der Waals surface area contributed by atoms with Gasteiger partial charge in [-0.3, -0.25) is 4.79 Å². The molecule has 0 saturated carbocycles. The first-order valence-electron chi connectivity index (χ1n) is 16.3. The molecule has 0 aliphatic heterocycles. The summed E-state index contributed by atoms with van der Waals surface area (Å²) in [6, 6.07) is 15.9. The second kappa shape index (κ2) is 15.9. The molecule has 0 saturated heterocycles. The van der Waals surface area contributed by atoms with Crippen LogP contribution in [0.1, 0.15) is 35.2 Å². The number of hydrogen-bond acceptors (Lipinski definition) is 8. The number of rotatable bonds is 9. The molecule has 0 radical (unpaired) electrons. The molecular weight excluding hydrogens is 640 g/mol. The van der Waals surface area contributed by atoms with Crippen molar-refractivity contribution in [2.75, 3.05) is 39.6 Å². The number of halogens is 1. The molecule has 1 aliphatic carbocycles. The summed E-state index contributed by atoms with van der Waals surface area (Å²) in [5.74, 6) is 1.19. The Kier molecular flexibility index (Phi) is 11.5. The molecule has 1 aliphatic rings. The largest absolute Gasteiger partial charge is 0.481 e. The van der Waals surface area contributed by atoms with Crippen molar-refractivity contribution in [3.8, 4) is 28.3 Å². The van der Waals surface area contributed by atoms with Crippen molar-refractivity contribution in [1.29, 1.82) is 0 Å². The van der Waals surface area contributed by atoms with Gasteiger partial charge in [0.25, 0.3) is 5.56 Å². The number of urea groups is 1. The Labute approximate surface area is 291 Å². The summed E-state index contributed by atoms with van der Waals surface area (Å²) in [7, 11) is 6.80. The number of methoxy groups -OCH3 is 1. The van der Waals surface area contributed by atoms with Gasteiger partial charge in [0, 0.05) is 54.1 Å². The van der Waals surface area contributed by atoms with E-state index in [-0.39, 0.29) is 11.6 Å². The fraction of sp³-hybridized carbons (Fsp3) is 0.324. The molecule has 0 unspecified atom stereocenters. The van der Waals surface area contributed by atoms with E-state index in [0.29, 0.717) is 22.1 Å². The number of nitrogens with one attached hydrogen (secondary N) is 4. The minimum atomic E-state index is -0.204. The van der Waals surface area contributed by atoms with Gasteiger partial charge in [-0.25, -0.2) is 19.4 Å². The van der Waals surface area contributed by atoms with Crippen LogP contribution in [0.15, 0.2) is 59.5 Å². The zero-order chi connectivity index (χ0) is 35.1. The SMILES string of the molecule is CNCCCNC(=O)NC.COc1nc(-c2cccc(-c3cccc(Nc4nc(C)cc5cnn(C)c(=O)c45)c3C)c2Cl)cc2c1CCC2. The summed E-state index contributed by atoms with van der Waals surface area (Å²) in [5.41, 5.74) is 8.44. The highest BCUT2D eigenvalue weighted by Gasteiger charge is 2.21. The van der Waals surface area contributed by atoms with Crippen LogP contribution < -0.4 is 31.6 Å². The number of amides is 2. The van der Waals surface area contributed by atoms with Crippen LogP contribution in [-0.2, 0) is 19.9 Å². The standard InChI is InChI=1S/C31H28ClN5O2.C6H15N3O/c1-17-14-20-16-33-37(3)31(38)27(20)29(34-17)35-25-13-7-9-21(18(25)2)23-11-6-12-24(28(23)32)26-15-19-8-5-10-22(19)30(36-26)39-4;1-7-4-3-5-9-6(10)8-2/h6-7,9,11-16H,5,8,10H2,1-4H3,(H,34,35);7H,3-5H2,1-2H3,(H2,8,9,10). The van der Waals surface area contributed by atoms with Crippen LogP contribution in [-0.4, -0.2) is 60.1 Å². The lowest BCUT2D eigenvalue weighted by atomic mass is 9.96. The van der Waals surface area contributed by atoms with Crippen molar-refractivity contribution >= 4 is 39.9 Å². The lowest BCUT2D eigenvalue weighted by Gasteiger charge is -2.17. The Balaban J connectivity index is 0.000000409. The van der Waals surface area contributed by atoms with Gasteiger partial charge >= 0.3 is 6.03 Å². The van der Waals surface area contributed by atoms with Gasteiger partial charge in [0.15, 0.2) is 0 Å². The Hall–Kier alpha value is -5.00. The number of aromatic nitrogens is 4. The maximum Gasteiger partial charge on any atom is 0.314 e. The summed E-state index contributed by atoms with van der Waals surface area (Å²) < 4.78 is 6.94. The highest BCUT2D eigenvalue weighted by molar-refractivity contribution is 6.36. The van der Waals surface area contributed by atoms with Crippen molar-refractivity contribution in [2.24, 2.45) is 7.05 Å². The van der Waals surface area contributed by atoms with Gasteiger partial charge in [-0.1, -0.05) is 41.9 Å². The molecule has 11 nitrogen and oxygen atoms in total. The summed E-state index contributed by atoms with van der Waals surface area (Å²) in [6.45, 7) is 5.60. The number of benzene rings is 2. The molecule has 2 aromatic carbocycles. The predicted octanol–water partition coefficient (Wildman–Crippen LogP) is 6.09. The van der Waals surface area contributed by atoms with Crippen LogP contribution in [0.3, 0.4) is 0 Å². The third kappa shape index (κ3) is 7.84. The van der Waals surface area contributed by atoms with E-state index in [4.69, 9.17) is 21.3 Å². The monoisotopic (exact) mass is 682 g/mol. The van der Waals surface area contributed by atoms with E-state index >= 15 is 0 Å². The van der Waals surface area contributed by atoms with Gasteiger partial charge in [0.1, 0.15) is 5.82 Å². The third-order valence-corrected chi connectivity index (χ3v) is 8.98. The second-order valence-electron chi connectivity index (χ2n) is 11.9. The van der Waals surface area contributed by atoms with E-state index in [2.05, 4.69) is 37.4 Å². The van der Waals surface area contributed by atoms with E-state index in [1.807, 2.05) is 63.4 Å². The topological polar surface area (TPSA) is 135 Å². The van der Waals surface area contributed by atoms with Gasteiger partial charge in [-0.2, -0.15) is 5.10 Å². The maximum atomic E-state index is 12.9. The average molecular weight is 683 g/mol. The van der Waals surface area contributed by atoms with E-state index in [1.165, 1.54) is 15.8 Å². The third-order valence-electron chi connectivity index (χ3n) is 8.57. The lowest BCUT2D eigenvalue weighted by molar-refractivity contribution is 0.243. The molecule has 0 fully saturated rings. The van der Waals surface area contributed by atoms with E-state index in [9.17, 15) is 9.59 Å². The van der Waals surface area contributed by atoms with Crippen LogP contribution in [0.4, 0.5) is 16.3 Å². The minimum absolute atomic E-state index is 0.115. The summed E-state index contributed by atoms with van der Waals surface area (Å²) in [6.07, 6.45) is 5.77. The van der Waals surface area contributed by atoms with Gasteiger partial charge in [0.2, 0.25) is 5.88 Å². The molecule has 2 amide bonds. The van der Waals surface area contributed by atoms with Crippen molar-refractivity contribution in [2.45, 2.75) is 39.5 Å². The van der Waals surface area contributed by atoms with Crippen molar-refractivity contribution in [3.05, 3.63) is 92.5 Å². The first-order valence-corrected chi connectivity index (χ1v) is 16.7. The maximum absolute atomic E-state index is 12.9. The van der Waals surface area contributed by atoms with E-state index < -0.39 is 0 Å². The molecule has 256 valence electrons. The molecule has 12 heteroatoms. The van der Waals surface area contributed by atoms with Gasteiger partial charge < -0.3 is 26.0 Å². The smallest absolute Gasteiger partial charge is 0.314 e. The summed E-state index contributed by atoms with van der Waals surface area (Å²) in [4.78, 5) is 33.0. The molecule has 0 atom stereocenters. The van der Waals surface area contributed by atoms with Crippen LogP contribution in [0.25, 0.3) is 33.2 Å². The molecular formula is C37H43ClN8O3. The molecule has 3 heterocycles. The van der Waals surface area contributed by atoms with Crippen LogP contribution in [0.2, 0.25) is 5.02 Å². The molecule has 6 rings (SSSR count). The predicted molar refractivity (Wildman–Crippen MR) is 197 cm³/mol. The highest BCUT2D eigenvalue weighted by Crippen LogP contribution is 2.41. The number of carbonyl (C=O) groups excluding carboxylic acids is 1. The number of pyridine rings is 2. The van der Waals surface area contributed by atoms with Gasteiger partial charge in [0.05, 0.1) is 29.4 Å². The number of aryl methyl sites for hydroxylation is 3. The quantitative estimate of drug-likeness (QED) is 0.137. The Morgan fingerprint density at radius 3 is 2.51 bits per heavy atom. The Bertz CT molecular complexity index is 2050. The first-order chi connectivity index (χ1) is 23.7. The number of nitrogens with zero attached hydrogens (tertiary/aromatic N) is 4. The van der Waals surface area contributed by atoms with Crippen molar-refractivity contribution in [1.82, 2.24) is 35.7 Å². The summed E-state index contributed by atoms with van der Waals surface area (Å²) >= 11 is 7.08. The van der Waals surface area contributed by atoms with E-state index in [1.54, 1.807) is 27.4 Å². The van der Waals surface area contributed by atoms with Crippen molar-refractivity contribution in [3.63, 3.8) is 0 Å². The normalized spacial score (nSPS) is 11.8. The molecule has 49 heavy (non-hydrogen) atoms. The van der Waals surface area contributed by atoms with E-state index in [0.717, 1.165) is 83.5 Å². The van der Waals surface area contributed by atoms with Gasteiger partial charge in [-0.05, 0) is 88.0 Å². The summed E-state index contributed by atoms with van der Waals surface area (Å²) in [5, 5.41) is 17.6. The van der Waals surface area contributed by atoms with Crippen LogP contribution in [0, 0.1) is 13.8 Å². The molecule has 0 bridgehead atoms. The molecule has 3 aromatic heterocycles. The lowest BCUT2D eigenvalue weighted by Crippen LogP contribution is -2.34. The van der Waals surface area contributed by atoms with Gasteiger partial charge in [-0.15, -0.1) is 0 Å². The molecule has 0 spiro atoms. The van der Waals surface area contributed by atoms with Crippen molar-refractivity contribution < 1.29 is 9.53 Å². The fourth-order valence-corrected chi connectivity index (χ4v) is 6.34. The number of carbonyl (C=O) groups is 1. The number of anilines is 2. The minimum Gasteiger partial charge on any atom is -0.481 e. The Morgan fingerprint density at radius 1 is 1.00 bits per heavy atom. The first kappa shape index (κ1) is 35.3. The fourth-order valence-electron chi connectivity index (χ4n) is 6.01. The van der Waals surface area contributed by atoms with Crippen LogP contribution in [0.5, 0.6) is 5.88 Å². The van der Waals surface area contributed by atoms with Crippen LogP contribution >= 0.6 is 11.6 Å². The zero-order valence-corrected chi connectivity index (χ0v) is 29.6. The number of fused-ring (bicyclic) bond motifs is 2.